The highest BCUT2D eigenvalue weighted by Gasteiger charge is 2.30. The number of aromatic nitrogens is 2. The number of hydrogen-bond acceptors (Lipinski definition) is 4. The first-order chi connectivity index (χ1) is 13.0. The molecule has 2 amide bonds. The van der Waals surface area contributed by atoms with Crippen LogP contribution in [-0.4, -0.2) is 64.0 Å². The molecule has 3 heterocycles. The Morgan fingerprint density at radius 1 is 1.37 bits per heavy atom. The van der Waals surface area contributed by atoms with E-state index in [9.17, 15) is 9.59 Å². The highest BCUT2D eigenvalue weighted by molar-refractivity contribution is 5.93. The Kier molecular flexibility index (Phi) is 5.68. The fourth-order valence-corrected chi connectivity index (χ4v) is 3.70. The highest BCUT2D eigenvalue weighted by Crippen LogP contribution is 2.20. The number of rotatable bonds is 4. The molecule has 2 aromatic rings. The van der Waals surface area contributed by atoms with Crippen molar-refractivity contribution in [2.75, 3.05) is 26.7 Å². The Morgan fingerprint density at radius 2 is 2.15 bits per heavy atom. The molecule has 1 fully saturated rings. The third-order valence-electron chi connectivity index (χ3n) is 5.35. The average Bonchev–Trinajstić information content (AvgIpc) is 3.09. The van der Waals surface area contributed by atoms with Crippen molar-refractivity contribution in [2.45, 2.75) is 46.1 Å². The molecule has 1 aliphatic rings. The summed E-state index contributed by atoms with van der Waals surface area (Å²) in [6.07, 6.45) is 5.97. The monoisotopic (exact) mass is 372 g/mol. The average molecular weight is 372 g/mol. The van der Waals surface area contributed by atoms with Crippen LogP contribution in [0.1, 0.15) is 48.3 Å². The van der Waals surface area contributed by atoms with Gasteiger partial charge in [-0.15, -0.1) is 0 Å². The van der Waals surface area contributed by atoms with E-state index in [-0.39, 0.29) is 18.0 Å². The van der Waals surface area contributed by atoms with Crippen LogP contribution >= 0.6 is 0 Å². The molecule has 0 aromatic carbocycles. The molecule has 27 heavy (non-hydrogen) atoms. The van der Waals surface area contributed by atoms with E-state index in [1.54, 1.807) is 30.0 Å². The Labute approximate surface area is 159 Å². The lowest BCUT2D eigenvalue weighted by Crippen LogP contribution is -2.50. The Bertz CT molecular complexity index is 845. The van der Waals surface area contributed by atoms with Crippen LogP contribution in [0.25, 0.3) is 5.65 Å². The summed E-state index contributed by atoms with van der Waals surface area (Å²) in [5.74, 6) is -0.0816. The van der Waals surface area contributed by atoms with Gasteiger partial charge in [0, 0.05) is 32.4 Å². The van der Waals surface area contributed by atoms with E-state index in [1.807, 2.05) is 16.7 Å². The molecule has 0 aliphatic carbocycles. The number of likely N-dealkylation sites (tertiary alicyclic amines) is 1. The number of nitrogens with zero attached hydrogens (tertiary/aromatic N) is 4. The number of hydrogen-bond donors (Lipinski definition) is 0. The molecule has 1 aliphatic heterocycles. The fraction of sp³-hybridized carbons (Fsp3) is 0.550. The van der Waals surface area contributed by atoms with E-state index >= 15 is 0 Å². The minimum Gasteiger partial charge on any atom is -0.450 e. The minimum atomic E-state index is -0.305. The topological polar surface area (TPSA) is 67.2 Å². The molecule has 2 aromatic heterocycles. The second-order valence-corrected chi connectivity index (χ2v) is 7.06. The summed E-state index contributed by atoms with van der Waals surface area (Å²) < 4.78 is 6.96. The van der Waals surface area contributed by atoms with Crippen molar-refractivity contribution >= 4 is 17.6 Å². The van der Waals surface area contributed by atoms with Crippen molar-refractivity contribution < 1.29 is 14.3 Å². The van der Waals surface area contributed by atoms with Crippen LogP contribution in [0.15, 0.2) is 18.5 Å². The standard InChI is InChI=1S/C20H28N4O3/c1-5-15-10-18-21-11-17(24(18)12-14(15)3)19(25)22(4)16-8-7-9-23(13-16)20(26)27-6-2/h10-12,16H,5-9,13H2,1-4H3. The third-order valence-corrected chi connectivity index (χ3v) is 5.35. The van der Waals surface area contributed by atoms with Gasteiger partial charge in [0.1, 0.15) is 11.3 Å². The molecule has 7 nitrogen and oxygen atoms in total. The summed E-state index contributed by atoms with van der Waals surface area (Å²) >= 11 is 0. The van der Waals surface area contributed by atoms with Gasteiger partial charge < -0.3 is 14.5 Å². The zero-order valence-electron chi connectivity index (χ0n) is 16.6. The summed E-state index contributed by atoms with van der Waals surface area (Å²) in [6, 6.07) is 2.01. The lowest BCUT2D eigenvalue weighted by Gasteiger charge is -2.36. The minimum absolute atomic E-state index is 0.0304. The number of aryl methyl sites for hydroxylation is 2. The van der Waals surface area contributed by atoms with Gasteiger partial charge in [-0.1, -0.05) is 6.92 Å². The lowest BCUT2D eigenvalue weighted by atomic mass is 10.0. The first kappa shape index (κ1) is 19.2. The van der Waals surface area contributed by atoms with Gasteiger partial charge in [0.25, 0.3) is 5.91 Å². The molecule has 1 saturated heterocycles. The van der Waals surface area contributed by atoms with Crippen LogP contribution in [0.2, 0.25) is 0 Å². The fourth-order valence-electron chi connectivity index (χ4n) is 3.70. The van der Waals surface area contributed by atoms with Crippen LogP contribution in [0.4, 0.5) is 4.79 Å². The molecular formula is C20H28N4O3. The van der Waals surface area contributed by atoms with Gasteiger partial charge in [-0.2, -0.15) is 0 Å². The van der Waals surface area contributed by atoms with Crippen LogP contribution < -0.4 is 0 Å². The van der Waals surface area contributed by atoms with Gasteiger partial charge >= 0.3 is 6.09 Å². The quantitative estimate of drug-likeness (QED) is 0.828. The van der Waals surface area contributed by atoms with Gasteiger partial charge in [0.2, 0.25) is 0 Å². The van der Waals surface area contributed by atoms with E-state index in [1.165, 1.54) is 5.56 Å². The predicted octanol–water partition coefficient (Wildman–Crippen LogP) is 2.90. The van der Waals surface area contributed by atoms with E-state index in [4.69, 9.17) is 4.74 Å². The molecule has 0 bridgehead atoms. The number of pyridine rings is 1. The first-order valence-corrected chi connectivity index (χ1v) is 9.61. The summed E-state index contributed by atoms with van der Waals surface area (Å²) in [4.78, 5) is 33.0. The molecule has 0 spiro atoms. The van der Waals surface area contributed by atoms with Gasteiger partial charge in [0.15, 0.2) is 0 Å². The number of imidazole rings is 1. The first-order valence-electron chi connectivity index (χ1n) is 9.61. The third kappa shape index (κ3) is 3.77. The molecule has 1 atom stereocenters. The van der Waals surface area contributed by atoms with Gasteiger partial charge in [-0.25, -0.2) is 9.78 Å². The summed E-state index contributed by atoms with van der Waals surface area (Å²) in [7, 11) is 1.80. The van der Waals surface area contributed by atoms with Crippen LogP contribution in [-0.2, 0) is 11.2 Å². The smallest absolute Gasteiger partial charge is 0.409 e. The number of carbonyl (C=O) groups is 2. The van der Waals surface area contributed by atoms with E-state index in [0.29, 0.717) is 25.4 Å². The summed E-state index contributed by atoms with van der Waals surface area (Å²) in [6.45, 7) is 7.48. The Hall–Kier alpha value is -2.57. The lowest BCUT2D eigenvalue weighted by molar-refractivity contribution is 0.0548. The van der Waals surface area contributed by atoms with Crippen molar-refractivity contribution in [3.8, 4) is 0 Å². The maximum atomic E-state index is 13.1. The van der Waals surface area contributed by atoms with Crippen molar-refractivity contribution in [1.82, 2.24) is 19.2 Å². The maximum absolute atomic E-state index is 13.1. The molecule has 0 saturated carbocycles. The van der Waals surface area contributed by atoms with E-state index in [2.05, 4.69) is 18.8 Å². The zero-order valence-corrected chi connectivity index (χ0v) is 16.6. The second kappa shape index (κ2) is 7.98. The molecule has 0 radical (unpaired) electrons. The van der Waals surface area contributed by atoms with Gasteiger partial charge in [-0.3, -0.25) is 9.20 Å². The normalized spacial score (nSPS) is 17.2. The van der Waals surface area contributed by atoms with Gasteiger partial charge in [0.05, 0.1) is 12.8 Å². The zero-order chi connectivity index (χ0) is 19.6. The van der Waals surface area contributed by atoms with Crippen LogP contribution in [0.5, 0.6) is 0 Å². The molecule has 7 heteroatoms. The molecular weight excluding hydrogens is 344 g/mol. The molecule has 146 valence electrons. The summed E-state index contributed by atoms with van der Waals surface area (Å²) in [5, 5.41) is 0. The number of fused-ring (bicyclic) bond motifs is 1. The Morgan fingerprint density at radius 3 is 2.85 bits per heavy atom. The molecule has 0 N–H and O–H groups in total. The number of carbonyl (C=O) groups excluding carboxylic acids is 2. The van der Waals surface area contributed by atoms with Crippen molar-refractivity contribution in [3.63, 3.8) is 0 Å². The molecule has 3 rings (SSSR count). The van der Waals surface area contributed by atoms with Crippen molar-refractivity contribution in [2.24, 2.45) is 0 Å². The molecule has 1 unspecified atom stereocenters. The highest BCUT2D eigenvalue weighted by atomic mass is 16.6. The van der Waals surface area contributed by atoms with Crippen LogP contribution in [0, 0.1) is 6.92 Å². The SMILES string of the molecule is CCOC(=O)N1CCCC(N(C)C(=O)c2cnc3cc(CC)c(C)cn23)C1. The predicted molar refractivity (Wildman–Crippen MR) is 103 cm³/mol. The number of amides is 2. The van der Waals surface area contributed by atoms with Crippen molar-refractivity contribution in [1.29, 1.82) is 0 Å². The Balaban J connectivity index is 1.80. The maximum Gasteiger partial charge on any atom is 0.409 e. The largest absolute Gasteiger partial charge is 0.450 e. The second-order valence-electron chi connectivity index (χ2n) is 7.06. The van der Waals surface area contributed by atoms with Crippen LogP contribution in [0.3, 0.4) is 0 Å². The number of likely N-dealkylation sites (N-methyl/N-ethyl adjacent to an activating group) is 1. The van der Waals surface area contributed by atoms with Crippen molar-refractivity contribution in [3.05, 3.63) is 35.3 Å². The van der Waals surface area contributed by atoms with E-state index < -0.39 is 0 Å². The number of ether oxygens (including phenoxy) is 1. The number of piperidine rings is 1. The summed E-state index contributed by atoms with van der Waals surface area (Å²) in [5.41, 5.74) is 3.71. The van der Waals surface area contributed by atoms with Gasteiger partial charge in [-0.05, 0) is 50.3 Å². The van der Waals surface area contributed by atoms with E-state index in [0.717, 1.165) is 30.5 Å².